The molecule has 8 heteroatoms. The van der Waals surface area contributed by atoms with E-state index in [0.29, 0.717) is 12.2 Å². The number of hydrogen-bond acceptors (Lipinski definition) is 4. The Morgan fingerprint density at radius 2 is 2.10 bits per heavy atom. The van der Waals surface area contributed by atoms with Crippen LogP contribution in [0.1, 0.15) is 55.7 Å². The first-order valence-corrected chi connectivity index (χ1v) is 8.92. The van der Waals surface area contributed by atoms with E-state index in [1.165, 1.54) is 0 Å². The molecule has 2 rings (SSSR count). The first-order valence-electron chi connectivity index (χ1n) is 6.61. The van der Waals surface area contributed by atoms with Crippen molar-refractivity contribution in [1.29, 1.82) is 0 Å². The van der Waals surface area contributed by atoms with Gasteiger partial charge in [-0.1, -0.05) is 13.8 Å². The van der Waals surface area contributed by atoms with Crippen LogP contribution in [0.5, 0.6) is 0 Å². The van der Waals surface area contributed by atoms with Gasteiger partial charge < -0.3 is 4.90 Å². The summed E-state index contributed by atoms with van der Waals surface area (Å²) in [6.45, 7) is 6.01. The second kappa shape index (κ2) is 5.37. The second-order valence-corrected chi connectivity index (χ2v) is 7.73. The van der Waals surface area contributed by atoms with E-state index in [4.69, 9.17) is 10.7 Å². The normalized spacial score (nSPS) is 15.7. The van der Waals surface area contributed by atoms with Crippen molar-refractivity contribution >= 4 is 25.6 Å². The van der Waals surface area contributed by atoms with E-state index in [-0.39, 0.29) is 28.5 Å². The van der Waals surface area contributed by atoms with Crippen LogP contribution in [0.25, 0.3) is 0 Å². The zero-order valence-electron chi connectivity index (χ0n) is 11.7. The van der Waals surface area contributed by atoms with Crippen molar-refractivity contribution in [1.82, 2.24) is 15.1 Å². The van der Waals surface area contributed by atoms with Gasteiger partial charge in [0.25, 0.3) is 15.0 Å². The molecule has 0 radical (unpaired) electrons. The van der Waals surface area contributed by atoms with Crippen LogP contribution >= 0.6 is 10.7 Å². The van der Waals surface area contributed by atoms with Crippen molar-refractivity contribution < 1.29 is 13.2 Å². The summed E-state index contributed by atoms with van der Waals surface area (Å²) < 4.78 is 23.6. The summed E-state index contributed by atoms with van der Waals surface area (Å²) in [4.78, 5) is 13.9. The molecule has 0 spiro atoms. The number of carbonyl (C=O) groups excluding carboxylic acids is 1. The van der Waals surface area contributed by atoms with Gasteiger partial charge in [0.1, 0.15) is 4.90 Å². The maximum absolute atomic E-state index is 12.5. The van der Waals surface area contributed by atoms with E-state index >= 15 is 0 Å². The van der Waals surface area contributed by atoms with Crippen LogP contribution in [0.2, 0.25) is 0 Å². The molecular formula is C12H18ClN3O3S. The fourth-order valence-corrected chi connectivity index (χ4v) is 3.59. The van der Waals surface area contributed by atoms with Gasteiger partial charge >= 0.3 is 0 Å². The lowest BCUT2D eigenvalue weighted by Gasteiger charge is -2.19. The van der Waals surface area contributed by atoms with Gasteiger partial charge in [-0.2, -0.15) is 5.10 Å². The number of rotatable bonds is 5. The number of carbonyl (C=O) groups is 1. The maximum atomic E-state index is 12.5. The SMILES string of the molecule is CCN(C(=O)c1n[nH]c(C(C)C)c1S(=O)(=O)Cl)C1CC1. The summed E-state index contributed by atoms with van der Waals surface area (Å²) in [5.41, 5.74) is 0.271. The van der Waals surface area contributed by atoms with Crippen molar-refractivity contribution in [3.05, 3.63) is 11.4 Å². The molecule has 1 amide bonds. The number of halogens is 1. The zero-order chi connectivity index (χ0) is 15.1. The predicted molar refractivity (Wildman–Crippen MR) is 75.4 cm³/mol. The minimum Gasteiger partial charge on any atom is -0.335 e. The number of H-pyrrole nitrogens is 1. The molecule has 0 aromatic carbocycles. The third-order valence-corrected chi connectivity index (χ3v) is 4.72. The quantitative estimate of drug-likeness (QED) is 0.842. The minimum atomic E-state index is -4.03. The lowest BCUT2D eigenvalue weighted by molar-refractivity contribution is 0.0742. The van der Waals surface area contributed by atoms with Crippen LogP contribution in [-0.4, -0.2) is 42.0 Å². The average molecular weight is 320 g/mol. The highest BCUT2D eigenvalue weighted by molar-refractivity contribution is 8.13. The number of aromatic nitrogens is 2. The molecule has 1 aliphatic carbocycles. The zero-order valence-corrected chi connectivity index (χ0v) is 13.3. The topological polar surface area (TPSA) is 83.1 Å². The molecule has 1 saturated carbocycles. The van der Waals surface area contributed by atoms with E-state index in [1.807, 2.05) is 20.8 Å². The van der Waals surface area contributed by atoms with Crippen molar-refractivity contribution in [3.63, 3.8) is 0 Å². The molecule has 0 saturated heterocycles. The summed E-state index contributed by atoms with van der Waals surface area (Å²) in [7, 11) is 1.46. The molecule has 1 aliphatic rings. The van der Waals surface area contributed by atoms with Crippen molar-refractivity contribution in [3.8, 4) is 0 Å². The lowest BCUT2D eigenvalue weighted by atomic mass is 10.1. The van der Waals surface area contributed by atoms with Gasteiger partial charge in [0, 0.05) is 23.3 Å². The second-order valence-electron chi connectivity index (χ2n) is 5.23. The Morgan fingerprint density at radius 1 is 1.50 bits per heavy atom. The fraction of sp³-hybridized carbons (Fsp3) is 0.667. The van der Waals surface area contributed by atoms with Crippen LogP contribution in [0.4, 0.5) is 0 Å². The summed E-state index contributed by atoms with van der Waals surface area (Å²) in [5, 5.41) is 6.54. The molecule has 0 aliphatic heterocycles. The largest absolute Gasteiger partial charge is 0.335 e. The van der Waals surface area contributed by atoms with Crippen LogP contribution in [0.15, 0.2) is 4.90 Å². The number of amides is 1. The van der Waals surface area contributed by atoms with Crippen molar-refractivity contribution in [2.75, 3.05) is 6.54 Å². The van der Waals surface area contributed by atoms with Gasteiger partial charge in [-0.05, 0) is 25.7 Å². The Bertz CT molecular complexity index is 620. The summed E-state index contributed by atoms with van der Waals surface area (Å²) in [6.07, 6.45) is 1.90. The third-order valence-electron chi connectivity index (χ3n) is 3.36. The first-order chi connectivity index (χ1) is 9.27. The number of nitrogens with zero attached hydrogens (tertiary/aromatic N) is 2. The Morgan fingerprint density at radius 3 is 2.50 bits per heavy atom. The summed E-state index contributed by atoms with van der Waals surface area (Å²) in [5.74, 6) is -0.499. The molecule has 0 bridgehead atoms. The Kier molecular flexibility index (Phi) is 4.11. The molecule has 1 heterocycles. The van der Waals surface area contributed by atoms with Crippen LogP contribution < -0.4 is 0 Å². The molecule has 1 N–H and O–H groups in total. The number of aromatic amines is 1. The van der Waals surface area contributed by atoms with E-state index in [1.54, 1.807) is 4.90 Å². The van der Waals surface area contributed by atoms with Gasteiger partial charge in [-0.15, -0.1) is 0 Å². The monoisotopic (exact) mass is 319 g/mol. The van der Waals surface area contributed by atoms with Gasteiger partial charge in [0.05, 0.1) is 5.69 Å². The number of hydrogen-bond donors (Lipinski definition) is 1. The Balaban J connectivity index is 2.49. The molecule has 1 fully saturated rings. The molecule has 1 aromatic heterocycles. The van der Waals surface area contributed by atoms with E-state index in [0.717, 1.165) is 12.8 Å². The molecular weight excluding hydrogens is 302 g/mol. The van der Waals surface area contributed by atoms with E-state index < -0.39 is 9.05 Å². The Labute approximate surface area is 122 Å². The standard InChI is InChI=1S/C12H18ClN3O3S/c1-4-16(8-5-6-8)12(17)10-11(20(13,18)19)9(7(2)3)14-15-10/h7-8H,4-6H2,1-3H3,(H,14,15). The predicted octanol–water partition coefficient (Wildman–Crippen LogP) is 2.09. The average Bonchev–Trinajstić information content (AvgIpc) is 3.05. The van der Waals surface area contributed by atoms with Gasteiger partial charge in [-0.3, -0.25) is 9.89 Å². The van der Waals surface area contributed by atoms with Crippen LogP contribution in [0, 0.1) is 0 Å². The minimum absolute atomic E-state index is 0.0996. The Hall–Kier alpha value is -1.08. The molecule has 0 atom stereocenters. The molecule has 0 unspecified atom stereocenters. The third kappa shape index (κ3) is 2.83. The van der Waals surface area contributed by atoms with Crippen LogP contribution in [-0.2, 0) is 9.05 Å². The number of nitrogens with one attached hydrogen (secondary N) is 1. The smallest absolute Gasteiger partial charge is 0.276 e. The lowest BCUT2D eigenvalue weighted by Crippen LogP contribution is -2.33. The highest BCUT2D eigenvalue weighted by Crippen LogP contribution is 2.32. The molecule has 112 valence electrons. The van der Waals surface area contributed by atoms with E-state index in [2.05, 4.69) is 10.2 Å². The summed E-state index contributed by atoms with van der Waals surface area (Å²) in [6, 6.07) is 0.192. The highest BCUT2D eigenvalue weighted by Gasteiger charge is 2.37. The highest BCUT2D eigenvalue weighted by atomic mass is 35.7. The molecule has 20 heavy (non-hydrogen) atoms. The van der Waals surface area contributed by atoms with Crippen LogP contribution in [0.3, 0.4) is 0 Å². The fourth-order valence-electron chi connectivity index (χ4n) is 2.22. The van der Waals surface area contributed by atoms with Gasteiger partial charge in [0.15, 0.2) is 5.69 Å². The van der Waals surface area contributed by atoms with Crippen molar-refractivity contribution in [2.24, 2.45) is 0 Å². The molecule has 1 aromatic rings. The molecule has 6 nitrogen and oxygen atoms in total. The summed E-state index contributed by atoms with van der Waals surface area (Å²) >= 11 is 0. The van der Waals surface area contributed by atoms with E-state index in [9.17, 15) is 13.2 Å². The van der Waals surface area contributed by atoms with Gasteiger partial charge in [-0.25, -0.2) is 8.42 Å². The van der Waals surface area contributed by atoms with Gasteiger partial charge in [0.2, 0.25) is 0 Å². The maximum Gasteiger partial charge on any atom is 0.276 e. The first kappa shape index (κ1) is 15.3. The van der Waals surface area contributed by atoms with Crippen molar-refractivity contribution in [2.45, 2.75) is 50.5 Å².